The number of nitrogens with zero attached hydrogens (tertiary/aromatic N) is 1. The third-order valence-electron chi connectivity index (χ3n) is 2.99. The van der Waals surface area contributed by atoms with E-state index in [2.05, 4.69) is 20.8 Å². The molecule has 0 saturated carbocycles. The fraction of sp³-hybridized carbons (Fsp3) is 0.500. The van der Waals surface area contributed by atoms with E-state index >= 15 is 0 Å². The van der Waals surface area contributed by atoms with Gasteiger partial charge in [-0.25, -0.2) is 4.39 Å². The van der Waals surface area contributed by atoms with Crippen LogP contribution >= 0.6 is 27.5 Å². The zero-order valence-corrected chi connectivity index (χ0v) is 11.3. The number of benzene rings is 1. The number of hydrogen-bond acceptors (Lipinski definition) is 1. The topological polar surface area (TPSA) is 3.24 Å². The van der Waals surface area contributed by atoms with E-state index in [1.807, 2.05) is 0 Å². The number of likely N-dealkylation sites (tertiary alicyclic amines) is 1. The summed E-state index contributed by atoms with van der Waals surface area (Å²) in [7, 11) is 0. The fourth-order valence-corrected chi connectivity index (χ4v) is 2.79. The predicted molar refractivity (Wildman–Crippen MR) is 68.6 cm³/mol. The number of hydrogen-bond donors (Lipinski definition) is 0. The summed E-state index contributed by atoms with van der Waals surface area (Å²) in [6, 6.07) is 4.56. The van der Waals surface area contributed by atoms with Crippen LogP contribution in [0.5, 0.6) is 0 Å². The van der Waals surface area contributed by atoms with Crippen LogP contribution in [-0.2, 0) is 6.54 Å². The molecule has 1 nitrogen and oxygen atoms in total. The second-order valence-electron chi connectivity index (χ2n) is 4.28. The maximum absolute atomic E-state index is 13.1. The molecule has 1 unspecified atom stereocenters. The van der Waals surface area contributed by atoms with Crippen molar-refractivity contribution in [2.45, 2.75) is 13.0 Å². The van der Waals surface area contributed by atoms with Crippen molar-refractivity contribution in [2.24, 2.45) is 5.92 Å². The normalized spacial score (nSPS) is 21.6. The van der Waals surface area contributed by atoms with Gasteiger partial charge in [-0.2, -0.15) is 0 Å². The van der Waals surface area contributed by atoms with Gasteiger partial charge >= 0.3 is 0 Å². The van der Waals surface area contributed by atoms with Crippen LogP contribution in [0.3, 0.4) is 0 Å². The molecule has 1 aliphatic rings. The zero-order chi connectivity index (χ0) is 11.5. The van der Waals surface area contributed by atoms with Crippen molar-refractivity contribution in [1.82, 2.24) is 4.90 Å². The first-order chi connectivity index (χ1) is 7.69. The van der Waals surface area contributed by atoms with Crippen LogP contribution < -0.4 is 0 Å². The standard InChI is InChI=1S/C12H14BrClFN/c13-6-9-3-4-16(7-9)8-10-5-11(15)1-2-12(10)14/h1-2,5,9H,3-4,6-8H2. The van der Waals surface area contributed by atoms with Crippen LogP contribution in [0.1, 0.15) is 12.0 Å². The first-order valence-corrected chi connectivity index (χ1v) is 6.91. The van der Waals surface area contributed by atoms with Gasteiger partial charge in [0.25, 0.3) is 0 Å². The first-order valence-electron chi connectivity index (χ1n) is 5.41. The van der Waals surface area contributed by atoms with Crippen molar-refractivity contribution in [2.75, 3.05) is 18.4 Å². The van der Waals surface area contributed by atoms with E-state index in [4.69, 9.17) is 11.6 Å². The number of rotatable bonds is 3. The van der Waals surface area contributed by atoms with Gasteiger partial charge in [-0.1, -0.05) is 27.5 Å². The maximum atomic E-state index is 13.1. The molecule has 1 saturated heterocycles. The molecule has 1 aliphatic heterocycles. The molecule has 1 fully saturated rings. The minimum atomic E-state index is -0.212. The highest BCUT2D eigenvalue weighted by Gasteiger charge is 2.21. The lowest BCUT2D eigenvalue weighted by atomic mass is 10.2. The van der Waals surface area contributed by atoms with Crippen LogP contribution in [0, 0.1) is 11.7 Å². The van der Waals surface area contributed by atoms with Crippen LogP contribution in [0.2, 0.25) is 5.02 Å². The third-order valence-corrected chi connectivity index (χ3v) is 4.27. The Kier molecular flexibility index (Phi) is 4.22. The lowest BCUT2D eigenvalue weighted by molar-refractivity contribution is 0.321. The van der Waals surface area contributed by atoms with Gasteiger partial charge in [0, 0.05) is 23.4 Å². The number of halogens is 3. The Bertz CT molecular complexity index is 372. The minimum Gasteiger partial charge on any atom is -0.299 e. The van der Waals surface area contributed by atoms with Gasteiger partial charge in [-0.05, 0) is 42.6 Å². The molecule has 0 N–H and O–H groups in total. The van der Waals surface area contributed by atoms with Crippen molar-refractivity contribution in [3.63, 3.8) is 0 Å². The lowest BCUT2D eigenvalue weighted by Gasteiger charge is -2.16. The molecule has 16 heavy (non-hydrogen) atoms. The molecular weight excluding hydrogens is 292 g/mol. The molecule has 88 valence electrons. The van der Waals surface area contributed by atoms with Gasteiger partial charge < -0.3 is 0 Å². The molecule has 4 heteroatoms. The summed E-state index contributed by atoms with van der Waals surface area (Å²) in [6.45, 7) is 2.89. The molecule has 1 atom stereocenters. The van der Waals surface area contributed by atoms with E-state index in [9.17, 15) is 4.39 Å². The Labute approximate surface area is 109 Å². The van der Waals surface area contributed by atoms with E-state index < -0.39 is 0 Å². The van der Waals surface area contributed by atoms with Crippen molar-refractivity contribution in [1.29, 1.82) is 0 Å². The summed E-state index contributed by atoms with van der Waals surface area (Å²) >= 11 is 9.54. The van der Waals surface area contributed by atoms with E-state index in [1.165, 1.54) is 18.6 Å². The SMILES string of the molecule is Fc1ccc(Cl)c(CN2CCC(CBr)C2)c1. The van der Waals surface area contributed by atoms with E-state index in [-0.39, 0.29) is 5.82 Å². The Balaban J connectivity index is 2.01. The molecular formula is C12H14BrClFN. The quantitative estimate of drug-likeness (QED) is 0.770. The summed E-state index contributed by atoms with van der Waals surface area (Å²) in [4.78, 5) is 2.33. The highest BCUT2D eigenvalue weighted by atomic mass is 79.9. The van der Waals surface area contributed by atoms with Gasteiger partial charge in [0.1, 0.15) is 5.82 Å². The Morgan fingerprint density at radius 2 is 2.31 bits per heavy atom. The summed E-state index contributed by atoms with van der Waals surface area (Å²) in [5, 5.41) is 1.70. The minimum absolute atomic E-state index is 0.212. The van der Waals surface area contributed by atoms with Gasteiger partial charge in [0.05, 0.1) is 0 Å². The van der Waals surface area contributed by atoms with Crippen molar-refractivity contribution in [3.05, 3.63) is 34.6 Å². The highest BCUT2D eigenvalue weighted by molar-refractivity contribution is 9.09. The molecule has 1 aromatic rings. The highest BCUT2D eigenvalue weighted by Crippen LogP contribution is 2.23. The summed E-state index contributed by atoms with van der Waals surface area (Å²) in [6.07, 6.45) is 1.21. The predicted octanol–water partition coefficient (Wildman–Crippen LogP) is 3.70. The first kappa shape index (κ1) is 12.3. The lowest BCUT2D eigenvalue weighted by Crippen LogP contribution is -2.20. The molecule has 0 aromatic heterocycles. The number of alkyl halides is 1. The molecule has 2 rings (SSSR count). The summed E-state index contributed by atoms with van der Waals surface area (Å²) in [5.74, 6) is 0.503. The molecule has 1 aromatic carbocycles. The van der Waals surface area contributed by atoms with Crippen LogP contribution in [0.25, 0.3) is 0 Å². The van der Waals surface area contributed by atoms with Gasteiger partial charge in [-0.15, -0.1) is 0 Å². The third kappa shape index (κ3) is 2.96. The molecule has 0 radical (unpaired) electrons. The molecule has 0 bridgehead atoms. The Hall–Kier alpha value is -0.120. The smallest absolute Gasteiger partial charge is 0.123 e. The van der Waals surface area contributed by atoms with Gasteiger partial charge in [0.15, 0.2) is 0 Å². The van der Waals surface area contributed by atoms with Crippen molar-refractivity contribution < 1.29 is 4.39 Å². The van der Waals surface area contributed by atoms with Crippen LogP contribution in [0.4, 0.5) is 4.39 Å². The summed E-state index contributed by atoms with van der Waals surface area (Å²) in [5.41, 5.74) is 0.886. The van der Waals surface area contributed by atoms with Crippen molar-refractivity contribution >= 4 is 27.5 Å². The average Bonchev–Trinajstić information content (AvgIpc) is 2.71. The van der Waals surface area contributed by atoms with E-state index in [0.29, 0.717) is 10.9 Å². The molecule has 0 amide bonds. The average molecular weight is 307 g/mol. The second kappa shape index (κ2) is 5.48. The monoisotopic (exact) mass is 305 g/mol. The van der Waals surface area contributed by atoms with E-state index in [0.717, 1.165) is 30.5 Å². The molecule has 1 heterocycles. The largest absolute Gasteiger partial charge is 0.299 e. The Morgan fingerprint density at radius 1 is 1.50 bits per heavy atom. The van der Waals surface area contributed by atoms with Gasteiger partial charge in [0.2, 0.25) is 0 Å². The Morgan fingerprint density at radius 3 is 3.00 bits per heavy atom. The van der Waals surface area contributed by atoms with Crippen LogP contribution in [-0.4, -0.2) is 23.3 Å². The second-order valence-corrected chi connectivity index (χ2v) is 5.33. The van der Waals surface area contributed by atoms with Gasteiger partial charge in [-0.3, -0.25) is 4.90 Å². The maximum Gasteiger partial charge on any atom is 0.123 e. The van der Waals surface area contributed by atoms with Crippen molar-refractivity contribution in [3.8, 4) is 0 Å². The molecule has 0 spiro atoms. The zero-order valence-electron chi connectivity index (χ0n) is 8.93. The molecule has 0 aliphatic carbocycles. The van der Waals surface area contributed by atoms with Crippen LogP contribution in [0.15, 0.2) is 18.2 Å². The van der Waals surface area contributed by atoms with E-state index in [1.54, 1.807) is 6.07 Å². The summed E-state index contributed by atoms with van der Waals surface area (Å²) < 4.78 is 13.1. The fourth-order valence-electron chi connectivity index (χ4n) is 2.09.